The summed E-state index contributed by atoms with van der Waals surface area (Å²) in [5.41, 5.74) is -1.44. The Labute approximate surface area is 247 Å². The Kier molecular flexibility index (Phi) is 7.67. The first kappa shape index (κ1) is 30.4. The number of ether oxygens (including phenoxy) is 5. The number of hydrogen-bond acceptors (Lipinski definition) is 9. The molecular formula is C33H42O9. The van der Waals surface area contributed by atoms with Crippen LogP contribution in [0.15, 0.2) is 42.0 Å². The summed E-state index contributed by atoms with van der Waals surface area (Å²) in [6, 6.07) is 9.31. The molecule has 1 heterocycles. The maximum absolute atomic E-state index is 14.5. The van der Waals surface area contributed by atoms with E-state index in [1.807, 2.05) is 64.1 Å². The number of benzene rings is 1. The fourth-order valence-electron chi connectivity index (χ4n) is 8.10. The number of Topliss-reactive ketones (excluding diaryl/α,β-unsaturated/α-hetero) is 1. The minimum absolute atomic E-state index is 0.0783. The van der Waals surface area contributed by atoms with Gasteiger partial charge in [0.25, 0.3) is 0 Å². The van der Waals surface area contributed by atoms with E-state index in [0.717, 1.165) is 5.56 Å². The number of carbonyl (C=O) groups is 4. The topological polar surface area (TPSA) is 118 Å². The summed E-state index contributed by atoms with van der Waals surface area (Å²) >= 11 is 0. The van der Waals surface area contributed by atoms with E-state index in [2.05, 4.69) is 0 Å². The standard InChI is InChI=1S/C33H42O9/c1-17-15-33-30(41-23(36)14-22-12-10-9-11-13-22)18(2)16-32(33,42-33)29(37)19(3)27(40-21(5)35)24-25(31(24,6)7)28(38-8)26(17)39-20(4)34/h9-13,15,18-19,24-28,30H,14,16H2,1-8H3/b17-15+/t18-,19+,24-,25+,26?,27-,28+,30-,32-,33-/m0/s1. The van der Waals surface area contributed by atoms with Crippen LogP contribution < -0.4 is 0 Å². The zero-order chi connectivity index (χ0) is 30.8. The number of esters is 3. The van der Waals surface area contributed by atoms with Crippen molar-refractivity contribution in [1.82, 2.24) is 0 Å². The first-order chi connectivity index (χ1) is 19.7. The fraction of sp³-hybridized carbons (Fsp3) is 0.636. The van der Waals surface area contributed by atoms with E-state index in [1.54, 1.807) is 14.0 Å². The maximum atomic E-state index is 14.5. The molecule has 2 saturated carbocycles. The summed E-state index contributed by atoms with van der Waals surface area (Å²) in [4.78, 5) is 52.3. The van der Waals surface area contributed by atoms with Gasteiger partial charge in [0.1, 0.15) is 24.4 Å². The molecule has 228 valence electrons. The third-order valence-corrected chi connectivity index (χ3v) is 10.00. The third-order valence-electron chi connectivity index (χ3n) is 10.00. The summed E-state index contributed by atoms with van der Waals surface area (Å²) in [7, 11) is 1.57. The lowest BCUT2D eigenvalue weighted by Gasteiger charge is -2.30. The highest BCUT2D eigenvalue weighted by Crippen LogP contribution is 2.68. The van der Waals surface area contributed by atoms with Crippen molar-refractivity contribution in [3.05, 3.63) is 47.5 Å². The normalized spacial score (nSPS) is 41.0. The Bertz CT molecular complexity index is 1300. The molecule has 3 aliphatic carbocycles. The van der Waals surface area contributed by atoms with Gasteiger partial charge in [-0.2, -0.15) is 0 Å². The van der Waals surface area contributed by atoms with Crippen molar-refractivity contribution in [1.29, 1.82) is 0 Å². The van der Waals surface area contributed by atoms with Crippen molar-refractivity contribution >= 4 is 23.7 Å². The van der Waals surface area contributed by atoms with Gasteiger partial charge >= 0.3 is 17.9 Å². The molecule has 0 N–H and O–H groups in total. The molecule has 1 saturated heterocycles. The van der Waals surface area contributed by atoms with Gasteiger partial charge in [-0.05, 0) is 41.9 Å². The average molecular weight is 583 g/mol. The molecule has 1 unspecified atom stereocenters. The second-order valence-electron chi connectivity index (χ2n) is 13.2. The van der Waals surface area contributed by atoms with Crippen LogP contribution in [-0.4, -0.2) is 66.4 Å². The smallest absolute Gasteiger partial charge is 0.310 e. The fourth-order valence-corrected chi connectivity index (χ4v) is 8.10. The first-order valence-corrected chi connectivity index (χ1v) is 14.7. The highest BCUT2D eigenvalue weighted by molar-refractivity contribution is 5.96. The van der Waals surface area contributed by atoms with E-state index in [9.17, 15) is 19.2 Å². The van der Waals surface area contributed by atoms with E-state index in [-0.39, 0.29) is 35.4 Å². The summed E-state index contributed by atoms with van der Waals surface area (Å²) in [5, 5.41) is 0. The number of hydrogen-bond donors (Lipinski definition) is 0. The number of fused-ring (bicyclic) bond motifs is 1. The monoisotopic (exact) mass is 582 g/mol. The van der Waals surface area contributed by atoms with E-state index in [1.165, 1.54) is 13.8 Å². The second kappa shape index (κ2) is 10.6. The maximum Gasteiger partial charge on any atom is 0.310 e. The molecule has 0 amide bonds. The summed E-state index contributed by atoms with van der Waals surface area (Å²) in [6.07, 6.45) is -0.637. The Balaban J connectivity index is 1.59. The highest BCUT2D eigenvalue weighted by Gasteiger charge is 2.84. The van der Waals surface area contributed by atoms with Crippen LogP contribution in [-0.2, 0) is 49.3 Å². The van der Waals surface area contributed by atoms with Crippen LogP contribution in [0.3, 0.4) is 0 Å². The molecule has 0 spiro atoms. The van der Waals surface area contributed by atoms with Crippen molar-refractivity contribution in [3.8, 4) is 0 Å². The molecule has 0 aromatic heterocycles. The third kappa shape index (κ3) is 4.78. The summed E-state index contributed by atoms with van der Waals surface area (Å²) < 4.78 is 30.3. The number of carbonyl (C=O) groups excluding carboxylic acids is 4. The largest absolute Gasteiger partial charge is 0.461 e. The SMILES string of the molecule is CO[C@H]1C(OC(C)=O)/C(C)=C/[C@@]23O[C@@]2(C[C@H](C)[C@@H]3OC(=O)Cc2ccccc2)C(=O)[C@H](C)[C@H](OC(C)=O)[C@@H]2[C@H]1C2(C)C. The molecular weight excluding hydrogens is 540 g/mol. The lowest BCUT2D eigenvalue weighted by Crippen LogP contribution is -2.43. The molecule has 3 fully saturated rings. The minimum Gasteiger partial charge on any atom is -0.461 e. The van der Waals surface area contributed by atoms with Gasteiger partial charge in [-0.25, -0.2) is 0 Å². The average Bonchev–Trinajstić information content (AvgIpc) is 3.70. The number of rotatable bonds is 6. The molecule has 5 rings (SSSR count). The van der Waals surface area contributed by atoms with Gasteiger partial charge in [-0.15, -0.1) is 0 Å². The lowest BCUT2D eigenvalue weighted by atomic mass is 9.80. The summed E-state index contributed by atoms with van der Waals surface area (Å²) in [6.45, 7) is 12.3. The van der Waals surface area contributed by atoms with Crippen LogP contribution in [0.5, 0.6) is 0 Å². The van der Waals surface area contributed by atoms with Crippen LogP contribution in [0.1, 0.15) is 60.5 Å². The quantitative estimate of drug-likeness (QED) is 0.212. The first-order valence-electron chi connectivity index (χ1n) is 14.7. The number of methoxy groups -OCH3 is 1. The van der Waals surface area contributed by atoms with Crippen LogP contribution in [0.2, 0.25) is 0 Å². The number of ketones is 1. The molecule has 1 aromatic carbocycles. The Hall–Kier alpha value is -3.04. The van der Waals surface area contributed by atoms with Crippen LogP contribution >= 0.6 is 0 Å². The van der Waals surface area contributed by atoms with Crippen molar-refractivity contribution in [2.75, 3.05) is 7.11 Å². The van der Waals surface area contributed by atoms with Crippen molar-refractivity contribution in [2.45, 2.75) is 96.9 Å². The van der Waals surface area contributed by atoms with Crippen molar-refractivity contribution in [2.24, 2.45) is 29.1 Å². The molecule has 0 bridgehead atoms. The second-order valence-corrected chi connectivity index (χ2v) is 13.2. The van der Waals surface area contributed by atoms with E-state index < -0.39 is 59.4 Å². The predicted molar refractivity (Wildman–Crippen MR) is 151 cm³/mol. The van der Waals surface area contributed by atoms with E-state index in [0.29, 0.717) is 12.0 Å². The molecule has 4 aliphatic rings. The Morgan fingerprint density at radius 3 is 2.17 bits per heavy atom. The minimum atomic E-state index is -1.27. The zero-order valence-corrected chi connectivity index (χ0v) is 25.7. The van der Waals surface area contributed by atoms with Gasteiger partial charge in [0, 0.05) is 32.8 Å². The van der Waals surface area contributed by atoms with Crippen LogP contribution in [0.25, 0.3) is 0 Å². The van der Waals surface area contributed by atoms with Crippen molar-refractivity contribution in [3.63, 3.8) is 0 Å². The van der Waals surface area contributed by atoms with Crippen molar-refractivity contribution < 1.29 is 42.9 Å². The van der Waals surface area contributed by atoms with Gasteiger partial charge in [-0.1, -0.05) is 58.0 Å². The van der Waals surface area contributed by atoms with Crippen LogP contribution in [0.4, 0.5) is 0 Å². The van der Waals surface area contributed by atoms with Gasteiger partial charge in [0.15, 0.2) is 17.0 Å². The van der Waals surface area contributed by atoms with Gasteiger partial charge < -0.3 is 23.7 Å². The summed E-state index contributed by atoms with van der Waals surface area (Å²) in [5.74, 6) is -2.87. The lowest BCUT2D eigenvalue weighted by molar-refractivity contribution is -0.155. The Morgan fingerprint density at radius 2 is 1.57 bits per heavy atom. The molecule has 1 aromatic rings. The van der Waals surface area contributed by atoms with E-state index >= 15 is 0 Å². The molecule has 9 heteroatoms. The van der Waals surface area contributed by atoms with E-state index in [4.69, 9.17) is 23.7 Å². The van der Waals surface area contributed by atoms with Crippen LogP contribution in [0, 0.1) is 29.1 Å². The molecule has 1 aliphatic heterocycles. The van der Waals surface area contributed by atoms with Gasteiger partial charge in [0.2, 0.25) is 0 Å². The molecule has 0 radical (unpaired) electrons. The predicted octanol–water partition coefficient (Wildman–Crippen LogP) is 4.00. The van der Waals surface area contributed by atoms with Gasteiger partial charge in [0.05, 0.1) is 12.3 Å². The van der Waals surface area contributed by atoms with Gasteiger partial charge in [-0.3, -0.25) is 19.2 Å². The molecule has 10 atom stereocenters. The highest BCUT2D eigenvalue weighted by atomic mass is 16.7. The molecule has 9 nitrogen and oxygen atoms in total. The number of epoxide rings is 1. The molecule has 42 heavy (non-hydrogen) atoms. The Morgan fingerprint density at radius 1 is 0.952 bits per heavy atom. The zero-order valence-electron chi connectivity index (χ0n) is 25.7.